The summed E-state index contributed by atoms with van der Waals surface area (Å²) >= 11 is 0. The molecule has 0 bridgehead atoms. The number of aliphatic hydroxyl groups excluding tert-OH is 1. The topological polar surface area (TPSA) is 20.2 Å². The van der Waals surface area contributed by atoms with Crippen molar-refractivity contribution >= 4 is 0 Å². The predicted octanol–water partition coefficient (Wildman–Crippen LogP) is 6.41. The summed E-state index contributed by atoms with van der Waals surface area (Å²) in [6, 6.07) is 0. The zero-order valence-electron chi connectivity index (χ0n) is 13.9. The molecule has 1 heteroatoms. The molecule has 1 N–H and O–H groups in total. The first-order valence-corrected chi connectivity index (χ1v) is 9.17. The van der Waals surface area contributed by atoms with Crippen LogP contribution in [0.25, 0.3) is 0 Å². The first-order valence-electron chi connectivity index (χ1n) is 9.17. The molecule has 0 aromatic heterocycles. The van der Waals surface area contributed by atoms with E-state index >= 15 is 0 Å². The Morgan fingerprint density at radius 3 is 1.40 bits per heavy atom. The van der Waals surface area contributed by atoms with Crippen LogP contribution in [0, 0.1) is 0 Å². The van der Waals surface area contributed by atoms with Gasteiger partial charge in [-0.1, -0.05) is 83.3 Å². The minimum Gasteiger partial charge on any atom is -0.396 e. The summed E-state index contributed by atoms with van der Waals surface area (Å²) < 4.78 is 0. The fraction of sp³-hybridized carbons (Fsp3) is 0.895. The van der Waals surface area contributed by atoms with Crippen molar-refractivity contribution in [3.63, 3.8) is 0 Å². The third kappa shape index (κ3) is 17.7. The summed E-state index contributed by atoms with van der Waals surface area (Å²) in [5.74, 6) is 0. The van der Waals surface area contributed by atoms with Crippen LogP contribution >= 0.6 is 0 Å². The van der Waals surface area contributed by atoms with Crippen molar-refractivity contribution in [2.45, 2.75) is 103 Å². The Kier molecular flexibility index (Phi) is 18.4. The average molecular weight is 283 g/mol. The van der Waals surface area contributed by atoms with Gasteiger partial charge in [0, 0.05) is 6.61 Å². The molecule has 120 valence electrons. The molecule has 0 aliphatic rings. The lowest BCUT2D eigenvalue weighted by Gasteiger charge is -1.99. The van der Waals surface area contributed by atoms with Crippen molar-refractivity contribution in [3.8, 4) is 0 Å². The minimum atomic E-state index is 0.362. The summed E-state index contributed by atoms with van der Waals surface area (Å²) in [5.41, 5.74) is 0. The molecule has 0 atom stereocenters. The molecule has 20 heavy (non-hydrogen) atoms. The first-order chi connectivity index (χ1) is 9.91. The second-order valence-electron chi connectivity index (χ2n) is 6.02. The first kappa shape index (κ1) is 19.7. The minimum absolute atomic E-state index is 0.362. The Balaban J connectivity index is 3.01. The fourth-order valence-electron chi connectivity index (χ4n) is 2.54. The summed E-state index contributed by atoms with van der Waals surface area (Å²) in [6.07, 6.45) is 24.7. The van der Waals surface area contributed by atoms with Gasteiger partial charge >= 0.3 is 0 Å². The van der Waals surface area contributed by atoms with Gasteiger partial charge in [0.15, 0.2) is 0 Å². The number of unbranched alkanes of at least 4 members (excludes halogenated alkanes) is 13. The molecule has 0 aromatic carbocycles. The summed E-state index contributed by atoms with van der Waals surface area (Å²) in [6.45, 7) is 2.64. The zero-order valence-corrected chi connectivity index (χ0v) is 13.9. The number of hydrogen-bond acceptors (Lipinski definition) is 1. The normalized spacial score (nSPS) is 11.5. The number of allylic oxidation sites excluding steroid dienone is 2. The molecule has 0 heterocycles. The van der Waals surface area contributed by atoms with Crippen LogP contribution in [0.2, 0.25) is 0 Å². The summed E-state index contributed by atoms with van der Waals surface area (Å²) in [5, 5.41) is 8.67. The van der Waals surface area contributed by atoms with Crippen LogP contribution in [0.3, 0.4) is 0 Å². The van der Waals surface area contributed by atoms with E-state index in [9.17, 15) is 0 Å². The van der Waals surface area contributed by atoms with Crippen LogP contribution in [-0.4, -0.2) is 11.7 Å². The molecular weight excluding hydrogens is 244 g/mol. The van der Waals surface area contributed by atoms with E-state index in [-0.39, 0.29) is 0 Å². The molecule has 1 nitrogen and oxygen atoms in total. The highest BCUT2D eigenvalue weighted by Gasteiger charge is 1.91. The largest absolute Gasteiger partial charge is 0.396 e. The second-order valence-corrected chi connectivity index (χ2v) is 6.02. The fourth-order valence-corrected chi connectivity index (χ4v) is 2.54. The highest BCUT2D eigenvalue weighted by atomic mass is 16.2. The molecule has 0 fully saturated rings. The number of hydrogen-bond donors (Lipinski definition) is 1. The molecule has 0 saturated heterocycles. The van der Waals surface area contributed by atoms with Gasteiger partial charge in [0.05, 0.1) is 0 Å². The van der Waals surface area contributed by atoms with E-state index in [1.807, 2.05) is 0 Å². The van der Waals surface area contributed by atoms with E-state index < -0.39 is 0 Å². The van der Waals surface area contributed by atoms with Crippen molar-refractivity contribution < 1.29 is 5.11 Å². The predicted molar refractivity (Wildman–Crippen MR) is 91.2 cm³/mol. The molecule has 0 amide bonds. The summed E-state index contributed by atoms with van der Waals surface area (Å²) in [7, 11) is 0. The second kappa shape index (κ2) is 18.7. The van der Waals surface area contributed by atoms with Crippen molar-refractivity contribution in [2.24, 2.45) is 0 Å². The van der Waals surface area contributed by atoms with Gasteiger partial charge in [0.1, 0.15) is 0 Å². The molecule has 0 radical (unpaired) electrons. The Morgan fingerprint density at radius 1 is 0.550 bits per heavy atom. The highest BCUT2D eigenvalue weighted by molar-refractivity contribution is 4.81. The molecule has 0 saturated carbocycles. The lowest BCUT2D eigenvalue weighted by atomic mass is 10.1. The maximum Gasteiger partial charge on any atom is 0.0431 e. The van der Waals surface area contributed by atoms with Crippen LogP contribution in [0.4, 0.5) is 0 Å². The monoisotopic (exact) mass is 282 g/mol. The molecular formula is C19H38O. The average Bonchev–Trinajstić information content (AvgIpc) is 2.47. The molecule has 0 unspecified atom stereocenters. The van der Waals surface area contributed by atoms with E-state index in [4.69, 9.17) is 5.11 Å². The van der Waals surface area contributed by atoms with E-state index in [1.165, 1.54) is 89.9 Å². The lowest BCUT2D eigenvalue weighted by Crippen LogP contribution is -1.83. The summed E-state index contributed by atoms with van der Waals surface area (Å²) in [4.78, 5) is 0. The van der Waals surface area contributed by atoms with Crippen LogP contribution in [0.1, 0.15) is 103 Å². The van der Waals surface area contributed by atoms with Gasteiger partial charge in [-0.2, -0.15) is 0 Å². The van der Waals surface area contributed by atoms with Gasteiger partial charge in [0.25, 0.3) is 0 Å². The van der Waals surface area contributed by atoms with Crippen LogP contribution in [0.15, 0.2) is 12.2 Å². The van der Waals surface area contributed by atoms with Crippen molar-refractivity contribution in [3.05, 3.63) is 12.2 Å². The van der Waals surface area contributed by atoms with E-state index in [1.54, 1.807) is 0 Å². The SMILES string of the molecule is CCCCCCCCCC=CCCCCCCCCO. The Hall–Kier alpha value is -0.300. The standard InChI is InChI=1S/C19H38O/c1-2-3-4-5-6-7-8-9-10-11-12-13-14-15-16-17-18-19-20/h10-11,20H,2-9,12-19H2,1H3. The van der Waals surface area contributed by atoms with Gasteiger partial charge in [-0.3, -0.25) is 0 Å². The third-order valence-electron chi connectivity index (χ3n) is 3.92. The number of aliphatic hydroxyl groups is 1. The maximum atomic E-state index is 8.67. The lowest BCUT2D eigenvalue weighted by molar-refractivity contribution is 0.282. The Bertz CT molecular complexity index is 166. The van der Waals surface area contributed by atoms with Crippen molar-refractivity contribution in [2.75, 3.05) is 6.61 Å². The smallest absolute Gasteiger partial charge is 0.0431 e. The molecule has 0 aliphatic heterocycles. The zero-order chi connectivity index (χ0) is 14.7. The van der Waals surface area contributed by atoms with E-state index in [0.717, 1.165) is 6.42 Å². The van der Waals surface area contributed by atoms with Gasteiger partial charge in [0.2, 0.25) is 0 Å². The van der Waals surface area contributed by atoms with Gasteiger partial charge in [-0.25, -0.2) is 0 Å². The number of rotatable bonds is 16. The van der Waals surface area contributed by atoms with Crippen LogP contribution in [0.5, 0.6) is 0 Å². The highest BCUT2D eigenvalue weighted by Crippen LogP contribution is 2.10. The molecule has 0 spiro atoms. The van der Waals surface area contributed by atoms with Gasteiger partial charge < -0.3 is 5.11 Å². The maximum absolute atomic E-state index is 8.67. The Labute approximate surface area is 127 Å². The molecule has 0 rings (SSSR count). The van der Waals surface area contributed by atoms with Gasteiger partial charge in [-0.15, -0.1) is 0 Å². The third-order valence-corrected chi connectivity index (χ3v) is 3.92. The Morgan fingerprint density at radius 2 is 0.950 bits per heavy atom. The quantitative estimate of drug-likeness (QED) is 0.256. The van der Waals surface area contributed by atoms with E-state index in [2.05, 4.69) is 19.1 Å². The van der Waals surface area contributed by atoms with Crippen LogP contribution in [-0.2, 0) is 0 Å². The molecule has 0 aromatic rings. The van der Waals surface area contributed by atoms with Gasteiger partial charge in [-0.05, 0) is 32.1 Å². The molecule has 0 aliphatic carbocycles. The van der Waals surface area contributed by atoms with Crippen molar-refractivity contribution in [1.82, 2.24) is 0 Å². The van der Waals surface area contributed by atoms with Crippen LogP contribution < -0.4 is 0 Å². The van der Waals surface area contributed by atoms with E-state index in [0.29, 0.717) is 6.61 Å². The van der Waals surface area contributed by atoms with Crippen molar-refractivity contribution in [1.29, 1.82) is 0 Å².